The predicted molar refractivity (Wildman–Crippen MR) is 97.1 cm³/mol. The largest absolute Gasteiger partial charge is 0.349 e. The van der Waals surface area contributed by atoms with Crippen LogP contribution in [0.15, 0.2) is 46.5 Å². The van der Waals surface area contributed by atoms with Crippen molar-refractivity contribution in [2.24, 2.45) is 0 Å². The lowest BCUT2D eigenvalue weighted by Gasteiger charge is -2.14. The number of benzene rings is 1. The minimum absolute atomic E-state index is 0.0420. The average molecular weight is 363 g/mol. The van der Waals surface area contributed by atoms with Crippen molar-refractivity contribution in [2.75, 3.05) is 0 Å². The summed E-state index contributed by atoms with van der Waals surface area (Å²) >= 11 is 9.19. The molecule has 0 fully saturated rings. The molecule has 3 aromatic rings. The zero-order valence-corrected chi connectivity index (χ0v) is 14.8. The van der Waals surface area contributed by atoms with Crippen LogP contribution in [-0.4, -0.2) is 10.9 Å². The van der Waals surface area contributed by atoms with E-state index in [0.29, 0.717) is 5.02 Å². The quantitative estimate of drug-likeness (QED) is 0.698. The van der Waals surface area contributed by atoms with E-state index in [2.05, 4.69) is 15.7 Å². The van der Waals surface area contributed by atoms with Gasteiger partial charge in [0, 0.05) is 21.3 Å². The number of rotatable bonds is 5. The van der Waals surface area contributed by atoms with Crippen LogP contribution in [0.4, 0.5) is 0 Å². The molecule has 0 aliphatic rings. The molecule has 0 saturated carbocycles. The fourth-order valence-electron chi connectivity index (χ4n) is 2.22. The molecule has 118 valence electrons. The van der Waals surface area contributed by atoms with Gasteiger partial charge in [-0.3, -0.25) is 4.79 Å². The summed E-state index contributed by atoms with van der Waals surface area (Å²) in [7, 11) is 0. The second-order valence-corrected chi connectivity index (χ2v) is 7.25. The molecule has 3 rings (SSSR count). The number of amides is 1. The van der Waals surface area contributed by atoms with Crippen LogP contribution in [0.3, 0.4) is 0 Å². The number of halogens is 1. The van der Waals surface area contributed by atoms with Crippen molar-refractivity contribution in [3.63, 3.8) is 0 Å². The van der Waals surface area contributed by atoms with Crippen molar-refractivity contribution in [2.45, 2.75) is 19.4 Å². The van der Waals surface area contributed by atoms with Gasteiger partial charge in [0.25, 0.3) is 0 Å². The molecule has 0 spiro atoms. The van der Waals surface area contributed by atoms with Gasteiger partial charge in [-0.1, -0.05) is 23.7 Å². The summed E-state index contributed by atoms with van der Waals surface area (Å²) in [6.45, 7) is 1.95. The third-order valence-electron chi connectivity index (χ3n) is 3.39. The number of aromatic nitrogens is 1. The Balaban J connectivity index is 1.61. The highest BCUT2D eigenvalue weighted by molar-refractivity contribution is 7.14. The Morgan fingerprint density at radius 3 is 2.96 bits per heavy atom. The number of carbonyl (C=O) groups excluding carboxylic acids is 1. The summed E-state index contributed by atoms with van der Waals surface area (Å²) in [5, 5.41) is 10.6. The molecule has 1 amide bonds. The molecule has 1 N–H and O–H groups in total. The Bertz CT molecular complexity index is 799. The van der Waals surface area contributed by atoms with Crippen molar-refractivity contribution in [1.82, 2.24) is 10.3 Å². The molecule has 6 heteroatoms. The molecule has 2 heterocycles. The van der Waals surface area contributed by atoms with Crippen LogP contribution in [0.2, 0.25) is 5.02 Å². The smallest absolute Gasteiger partial charge is 0.226 e. The molecule has 1 atom stereocenters. The van der Waals surface area contributed by atoms with Gasteiger partial charge >= 0.3 is 0 Å². The van der Waals surface area contributed by atoms with E-state index in [4.69, 9.17) is 11.6 Å². The monoisotopic (exact) mass is 362 g/mol. The number of thiophene rings is 1. The highest BCUT2D eigenvalue weighted by Gasteiger charge is 2.13. The minimum atomic E-state index is -0.0869. The molecule has 1 aromatic carbocycles. The van der Waals surface area contributed by atoms with Crippen molar-refractivity contribution >= 4 is 40.2 Å². The second kappa shape index (κ2) is 7.25. The maximum absolute atomic E-state index is 12.2. The Morgan fingerprint density at radius 2 is 2.22 bits per heavy atom. The van der Waals surface area contributed by atoms with E-state index in [1.54, 1.807) is 22.7 Å². The molecule has 0 bridgehead atoms. The van der Waals surface area contributed by atoms with Gasteiger partial charge in [0.05, 0.1) is 18.2 Å². The van der Waals surface area contributed by atoms with Crippen molar-refractivity contribution < 1.29 is 4.79 Å². The molecule has 0 saturated heterocycles. The van der Waals surface area contributed by atoms with Gasteiger partial charge in [-0.25, -0.2) is 4.98 Å². The lowest BCUT2D eigenvalue weighted by molar-refractivity contribution is -0.121. The van der Waals surface area contributed by atoms with E-state index in [0.717, 1.165) is 21.8 Å². The van der Waals surface area contributed by atoms with Gasteiger partial charge in [0.15, 0.2) is 0 Å². The maximum Gasteiger partial charge on any atom is 0.226 e. The summed E-state index contributed by atoms with van der Waals surface area (Å²) in [6.07, 6.45) is 0.283. The van der Waals surface area contributed by atoms with E-state index in [-0.39, 0.29) is 18.4 Å². The second-order valence-electron chi connectivity index (χ2n) is 5.18. The lowest BCUT2D eigenvalue weighted by atomic mass is 10.1. The van der Waals surface area contributed by atoms with Crippen molar-refractivity contribution in [3.05, 3.63) is 62.8 Å². The number of hydrogen-bond donors (Lipinski definition) is 1. The highest BCUT2D eigenvalue weighted by Crippen LogP contribution is 2.26. The molecule has 0 aliphatic heterocycles. The zero-order chi connectivity index (χ0) is 16.2. The molecule has 3 nitrogen and oxygen atoms in total. The third kappa shape index (κ3) is 4.19. The number of carbonyl (C=O) groups is 1. The van der Waals surface area contributed by atoms with Crippen LogP contribution < -0.4 is 5.32 Å². The number of nitrogens with one attached hydrogen (secondary N) is 1. The van der Waals surface area contributed by atoms with E-state index in [1.807, 2.05) is 48.0 Å². The fourth-order valence-corrected chi connectivity index (χ4v) is 3.95. The molecule has 0 aliphatic carbocycles. The molecule has 0 radical (unpaired) electrons. The van der Waals surface area contributed by atoms with Crippen LogP contribution in [0, 0.1) is 0 Å². The maximum atomic E-state index is 12.2. The number of thiazole rings is 1. The first-order chi connectivity index (χ1) is 11.1. The highest BCUT2D eigenvalue weighted by atomic mass is 35.5. The van der Waals surface area contributed by atoms with Crippen LogP contribution in [0.5, 0.6) is 0 Å². The van der Waals surface area contributed by atoms with E-state index in [1.165, 1.54) is 0 Å². The lowest BCUT2D eigenvalue weighted by Crippen LogP contribution is -2.28. The van der Waals surface area contributed by atoms with Crippen molar-refractivity contribution in [1.29, 1.82) is 0 Å². The van der Waals surface area contributed by atoms with Crippen LogP contribution >= 0.6 is 34.3 Å². The predicted octanol–water partition coefficient (Wildman–Crippen LogP) is 4.94. The van der Waals surface area contributed by atoms with Gasteiger partial charge in [0.1, 0.15) is 5.01 Å². The summed E-state index contributed by atoms with van der Waals surface area (Å²) in [5.41, 5.74) is 2.90. The molecule has 0 unspecified atom stereocenters. The summed E-state index contributed by atoms with van der Waals surface area (Å²) < 4.78 is 0. The molecule has 23 heavy (non-hydrogen) atoms. The topological polar surface area (TPSA) is 42.0 Å². The van der Waals surface area contributed by atoms with Gasteiger partial charge in [-0.2, -0.15) is 11.3 Å². The Kier molecular flexibility index (Phi) is 5.10. The number of hydrogen-bond acceptors (Lipinski definition) is 4. The minimum Gasteiger partial charge on any atom is -0.349 e. The first-order valence-corrected chi connectivity index (χ1v) is 9.33. The molecule has 2 aromatic heterocycles. The summed E-state index contributed by atoms with van der Waals surface area (Å²) in [4.78, 5) is 16.7. The Hall–Kier alpha value is -1.69. The SMILES string of the molecule is C[C@@H](NC(=O)Cc1csc(-c2ccsc2)n1)c1cccc(Cl)c1. The number of nitrogens with zero attached hydrogens (tertiary/aromatic N) is 1. The fraction of sp³-hybridized carbons (Fsp3) is 0.176. The van der Waals surface area contributed by atoms with Gasteiger partial charge < -0.3 is 5.32 Å². The van der Waals surface area contributed by atoms with Gasteiger partial charge in [0.2, 0.25) is 5.91 Å². The van der Waals surface area contributed by atoms with Gasteiger partial charge in [-0.05, 0) is 36.1 Å². The van der Waals surface area contributed by atoms with E-state index in [9.17, 15) is 4.79 Å². The normalized spacial score (nSPS) is 12.1. The van der Waals surface area contributed by atoms with Gasteiger partial charge in [-0.15, -0.1) is 11.3 Å². The average Bonchev–Trinajstić information content (AvgIpc) is 3.17. The van der Waals surface area contributed by atoms with E-state index < -0.39 is 0 Å². The van der Waals surface area contributed by atoms with Crippen LogP contribution in [0.25, 0.3) is 10.6 Å². The molecular weight excluding hydrogens is 348 g/mol. The van der Waals surface area contributed by atoms with Crippen LogP contribution in [0.1, 0.15) is 24.2 Å². The van der Waals surface area contributed by atoms with Crippen molar-refractivity contribution in [3.8, 4) is 10.6 Å². The summed E-state index contributed by atoms with van der Waals surface area (Å²) in [6, 6.07) is 9.47. The summed E-state index contributed by atoms with van der Waals surface area (Å²) in [5.74, 6) is -0.0420. The Labute approximate surface area is 148 Å². The van der Waals surface area contributed by atoms with Crippen LogP contribution in [-0.2, 0) is 11.2 Å². The zero-order valence-electron chi connectivity index (χ0n) is 12.5. The standard InChI is InChI=1S/C17H15ClN2OS2/c1-11(12-3-2-4-14(18)7-12)19-16(21)8-15-10-23-17(20-15)13-5-6-22-9-13/h2-7,9-11H,8H2,1H3,(H,19,21)/t11-/m1/s1. The van der Waals surface area contributed by atoms with E-state index >= 15 is 0 Å². The molecular formula is C17H15ClN2OS2. The third-order valence-corrected chi connectivity index (χ3v) is 5.25. The Morgan fingerprint density at radius 1 is 1.35 bits per heavy atom. The first kappa shape index (κ1) is 16.2. The first-order valence-electron chi connectivity index (χ1n) is 7.13.